The molecule has 0 spiro atoms. The lowest BCUT2D eigenvalue weighted by atomic mass is 10.1. The average molecular weight is 331 g/mol. The average Bonchev–Trinajstić information content (AvgIpc) is 2.67. The fourth-order valence-corrected chi connectivity index (χ4v) is 2.19. The molecule has 4 nitrogen and oxygen atoms in total. The Bertz CT molecular complexity index is 831. The Kier molecular flexibility index (Phi) is 5.56. The summed E-state index contributed by atoms with van der Waals surface area (Å²) in [6.45, 7) is 0.274. The molecule has 0 fully saturated rings. The van der Waals surface area contributed by atoms with Crippen LogP contribution < -0.4 is 4.74 Å². The highest BCUT2D eigenvalue weighted by molar-refractivity contribution is 6.43. The summed E-state index contributed by atoms with van der Waals surface area (Å²) >= 11 is 0. The molecule has 0 saturated heterocycles. The Morgan fingerprint density at radius 2 is 1.32 bits per heavy atom. The van der Waals surface area contributed by atoms with Crippen LogP contribution in [0.3, 0.4) is 0 Å². The Hall–Kier alpha value is -3.40. The first-order valence-corrected chi connectivity index (χ1v) is 7.89. The predicted molar refractivity (Wildman–Crippen MR) is 96.3 cm³/mol. The molecular weight excluding hydrogens is 314 g/mol. The summed E-state index contributed by atoms with van der Waals surface area (Å²) < 4.78 is 5.38. The van der Waals surface area contributed by atoms with Gasteiger partial charge in [0.05, 0.1) is 0 Å². The summed E-state index contributed by atoms with van der Waals surface area (Å²) in [7, 11) is 0. The van der Waals surface area contributed by atoms with Crippen LogP contribution in [-0.2, 0) is 16.2 Å². The van der Waals surface area contributed by atoms with E-state index in [-0.39, 0.29) is 12.3 Å². The Balaban J connectivity index is 1.77. The van der Waals surface area contributed by atoms with E-state index >= 15 is 0 Å². The number of nitrogens with zero attached hydrogens (tertiary/aromatic N) is 1. The zero-order valence-corrected chi connectivity index (χ0v) is 13.5. The van der Waals surface area contributed by atoms with Gasteiger partial charge < -0.3 is 9.57 Å². The summed E-state index contributed by atoms with van der Waals surface area (Å²) in [6.07, 6.45) is 0. The third-order valence-electron chi connectivity index (χ3n) is 3.42. The van der Waals surface area contributed by atoms with Crippen molar-refractivity contribution in [2.45, 2.75) is 6.61 Å². The Morgan fingerprint density at radius 1 is 0.760 bits per heavy atom. The van der Waals surface area contributed by atoms with E-state index in [4.69, 9.17) is 9.57 Å². The number of hydrogen-bond donors (Lipinski definition) is 0. The predicted octanol–water partition coefficient (Wildman–Crippen LogP) is 4.21. The quantitative estimate of drug-likeness (QED) is 0.294. The first-order chi connectivity index (χ1) is 12.3. The summed E-state index contributed by atoms with van der Waals surface area (Å²) in [5.74, 6) is -0.107. The maximum absolute atomic E-state index is 12.5. The zero-order valence-electron chi connectivity index (χ0n) is 13.5. The second kappa shape index (κ2) is 8.45. The molecule has 0 unspecified atom stereocenters. The van der Waals surface area contributed by atoms with Crippen molar-refractivity contribution in [3.63, 3.8) is 0 Å². The van der Waals surface area contributed by atoms with E-state index in [9.17, 15) is 4.79 Å². The monoisotopic (exact) mass is 331 g/mol. The summed E-state index contributed by atoms with van der Waals surface area (Å²) in [5.41, 5.74) is 1.73. The van der Waals surface area contributed by atoms with Crippen LogP contribution in [0, 0.1) is 0 Å². The molecule has 0 saturated carbocycles. The van der Waals surface area contributed by atoms with Gasteiger partial charge in [-0.3, -0.25) is 0 Å². The summed E-state index contributed by atoms with van der Waals surface area (Å²) in [6, 6.07) is 27.6. The maximum Gasteiger partial charge on any atom is 0.366 e. The van der Waals surface area contributed by atoms with E-state index in [1.165, 1.54) is 0 Å². The van der Waals surface area contributed by atoms with Crippen molar-refractivity contribution in [3.05, 3.63) is 102 Å². The minimum Gasteiger partial charge on any atom is -0.422 e. The molecule has 3 aromatic rings. The molecule has 0 aliphatic carbocycles. The first kappa shape index (κ1) is 16.5. The van der Waals surface area contributed by atoms with Crippen LogP contribution in [0.5, 0.6) is 5.75 Å². The molecule has 0 aliphatic rings. The number of para-hydroxylation sites is 1. The fourth-order valence-electron chi connectivity index (χ4n) is 2.19. The standard InChI is InChI=1S/C21H17NO3/c23-21(25-19-14-8-3-9-15-19)20(18-12-6-2-7-13-18)22-24-16-17-10-4-1-5-11-17/h1-15H,16H2. The normalized spacial score (nSPS) is 11.0. The number of oxime groups is 1. The highest BCUT2D eigenvalue weighted by atomic mass is 16.6. The van der Waals surface area contributed by atoms with Gasteiger partial charge in [-0.25, -0.2) is 4.79 Å². The van der Waals surface area contributed by atoms with Crippen LogP contribution >= 0.6 is 0 Å². The number of esters is 1. The van der Waals surface area contributed by atoms with Crippen molar-refractivity contribution in [1.82, 2.24) is 0 Å². The van der Waals surface area contributed by atoms with Crippen LogP contribution in [0.1, 0.15) is 11.1 Å². The Labute approximate surface area is 146 Å². The van der Waals surface area contributed by atoms with Crippen LogP contribution in [0.2, 0.25) is 0 Å². The molecular formula is C21H17NO3. The SMILES string of the molecule is O=C(Oc1ccccc1)C(=NOCc1ccccc1)c1ccccc1. The first-order valence-electron chi connectivity index (χ1n) is 7.89. The van der Waals surface area contributed by atoms with Crippen LogP contribution in [0.4, 0.5) is 0 Å². The van der Waals surface area contributed by atoms with Crippen molar-refractivity contribution in [1.29, 1.82) is 0 Å². The third-order valence-corrected chi connectivity index (χ3v) is 3.42. The second-order valence-electron chi connectivity index (χ2n) is 5.27. The van der Waals surface area contributed by atoms with Crippen LogP contribution in [0.25, 0.3) is 0 Å². The summed E-state index contributed by atoms with van der Waals surface area (Å²) in [5, 5.41) is 4.03. The van der Waals surface area contributed by atoms with E-state index < -0.39 is 5.97 Å². The van der Waals surface area contributed by atoms with Crippen molar-refractivity contribution in [2.24, 2.45) is 5.16 Å². The molecule has 0 heterocycles. The molecule has 3 aromatic carbocycles. The molecule has 0 N–H and O–H groups in total. The number of ether oxygens (including phenoxy) is 1. The lowest BCUT2D eigenvalue weighted by Gasteiger charge is -2.07. The van der Waals surface area contributed by atoms with Crippen LogP contribution in [-0.4, -0.2) is 11.7 Å². The minimum absolute atomic E-state index is 0.125. The molecule has 0 atom stereocenters. The third kappa shape index (κ3) is 4.78. The molecule has 0 radical (unpaired) electrons. The molecule has 25 heavy (non-hydrogen) atoms. The van der Waals surface area contributed by atoms with E-state index in [0.29, 0.717) is 11.3 Å². The molecule has 124 valence electrons. The highest BCUT2D eigenvalue weighted by Gasteiger charge is 2.17. The largest absolute Gasteiger partial charge is 0.422 e. The van der Waals surface area contributed by atoms with Gasteiger partial charge in [0.15, 0.2) is 5.71 Å². The molecule has 0 aromatic heterocycles. The van der Waals surface area contributed by atoms with Gasteiger partial charge in [-0.05, 0) is 17.7 Å². The Morgan fingerprint density at radius 3 is 1.96 bits per heavy atom. The minimum atomic E-state index is -0.564. The lowest BCUT2D eigenvalue weighted by molar-refractivity contribution is -0.127. The van der Waals surface area contributed by atoms with Gasteiger partial charge in [0.1, 0.15) is 12.4 Å². The number of rotatable bonds is 6. The van der Waals surface area contributed by atoms with Gasteiger partial charge in [-0.1, -0.05) is 84.0 Å². The van der Waals surface area contributed by atoms with Crippen molar-refractivity contribution >= 4 is 11.7 Å². The second-order valence-corrected chi connectivity index (χ2v) is 5.27. The van der Waals surface area contributed by atoms with E-state index in [1.54, 1.807) is 36.4 Å². The van der Waals surface area contributed by atoms with Gasteiger partial charge >= 0.3 is 5.97 Å². The van der Waals surface area contributed by atoms with Gasteiger partial charge in [0, 0.05) is 5.56 Å². The smallest absolute Gasteiger partial charge is 0.366 e. The zero-order chi connectivity index (χ0) is 17.3. The van der Waals surface area contributed by atoms with Gasteiger partial charge in [0.25, 0.3) is 0 Å². The van der Waals surface area contributed by atoms with Crippen molar-refractivity contribution in [2.75, 3.05) is 0 Å². The van der Waals surface area contributed by atoms with Crippen molar-refractivity contribution in [3.8, 4) is 5.75 Å². The topological polar surface area (TPSA) is 47.9 Å². The van der Waals surface area contributed by atoms with E-state index in [1.807, 2.05) is 54.6 Å². The number of carbonyl (C=O) groups is 1. The van der Waals surface area contributed by atoms with E-state index in [2.05, 4.69) is 5.16 Å². The van der Waals surface area contributed by atoms with E-state index in [0.717, 1.165) is 5.56 Å². The maximum atomic E-state index is 12.5. The number of carbonyl (C=O) groups excluding carboxylic acids is 1. The molecule has 4 heteroatoms. The molecule has 0 aliphatic heterocycles. The fraction of sp³-hybridized carbons (Fsp3) is 0.0476. The van der Waals surface area contributed by atoms with Crippen molar-refractivity contribution < 1.29 is 14.4 Å². The number of hydrogen-bond acceptors (Lipinski definition) is 4. The lowest BCUT2D eigenvalue weighted by Crippen LogP contribution is -2.22. The van der Waals surface area contributed by atoms with Gasteiger partial charge in [-0.15, -0.1) is 0 Å². The number of benzene rings is 3. The van der Waals surface area contributed by atoms with Crippen LogP contribution in [0.15, 0.2) is 96.2 Å². The highest BCUT2D eigenvalue weighted by Crippen LogP contribution is 2.12. The molecule has 0 bridgehead atoms. The summed E-state index contributed by atoms with van der Waals surface area (Å²) in [4.78, 5) is 17.9. The molecule has 3 rings (SSSR count). The van der Waals surface area contributed by atoms with Gasteiger partial charge in [-0.2, -0.15) is 0 Å². The van der Waals surface area contributed by atoms with Gasteiger partial charge in [0.2, 0.25) is 0 Å². The molecule has 0 amide bonds.